The van der Waals surface area contributed by atoms with Gasteiger partial charge in [0, 0.05) is 37.1 Å². The fourth-order valence-corrected chi connectivity index (χ4v) is 3.24. The Bertz CT molecular complexity index is 264. The lowest BCUT2D eigenvalue weighted by atomic mass is 9.94. The number of nitrogens with one attached hydrogen (secondary N) is 2. The molecule has 0 aromatic heterocycles. The third-order valence-electron chi connectivity index (χ3n) is 2.94. The summed E-state index contributed by atoms with van der Waals surface area (Å²) in [5.41, 5.74) is -0.807. The molecule has 0 aliphatic carbocycles. The zero-order valence-electron chi connectivity index (χ0n) is 11.7. The second-order valence-corrected chi connectivity index (χ2v) is 6.95. The average molecular weight is 274 g/mol. The molecule has 4 nitrogen and oxygen atoms in total. The highest BCUT2D eigenvalue weighted by molar-refractivity contribution is 7.99. The first-order valence-electron chi connectivity index (χ1n) is 6.69. The van der Waals surface area contributed by atoms with Crippen LogP contribution < -0.4 is 10.6 Å². The Hall–Kier alpha value is -0.260. The van der Waals surface area contributed by atoms with Crippen molar-refractivity contribution in [1.29, 1.82) is 0 Å². The van der Waals surface area contributed by atoms with Crippen LogP contribution in [0.25, 0.3) is 0 Å². The van der Waals surface area contributed by atoms with Crippen LogP contribution in [0.15, 0.2) is 0 Å². The first-order chi connectivity index (χ1) is 8.39. The SMILES string of the molecule is CC(C)CC(C)(O)CNC(=O)CC1CSCCN1. The minimum absolute atomic E-state index is 0.0269. The molecule has 1 aliphatic rings. The zero-order chi connectivity index (χ0) is 13.6. The standard InChI is InChI=1S/C13H26N2O2S/c1-10(2)7-13(3,17)9-15-12(16)6-11-8-18-5-4-14-11/h10-11,14,17H,4-9H2,1-3H3,(H,15,16). The van der Waals surface area contributed by atoms with Crippen LogP contribution >= 0.6 is 11.8 Å². The molecule has 1 aliphatic heterocycles. The Kier molecular flexibility index (Phi) is 6.46. The predicted octanol–water partition coefficient (Wildman–Crippen LogP) is 0.995. The molecule has 3 N–H and O–H groups in total. The summed E-state index contributed by atoms with van der Waals surface area (Å²) in [6.07, 6.45) is 1.20. The van der Waals surface area contributed by atoms with Crippen LogP contribution in [0.1, 0.15) is 33.6 Å². The molecule has 1 rings (SSSR count). The number of aliphatic hydroxyl groups is 1. The summed E-state index contributed by atoms with van der Waals surface area (Å²) in [6, 6.07) is 0.277. The molecule has 106 valence electrons. The Labute approximate surface area is 114 Å². The fraction of sp³-hybridized carbons (Fsp3) is 0.923. The van der Waals surface area contributed by atoms with Gasteiger partial charge in [0.2, 0.25) is 5.91 Å². The van der Waals surface area contributed by atoms with Gasteiger partial charge in [-0.05, 0) is 19.3 Å². The lowest BCUT2D eigenvalue weighted by Gasteiger charge is -2.27. The molecule has 0 aromatic rings. The molecule has 2 atom stereocenters. The van der Waals surface area contributed by atoms with Gasteiger partial charge in [-0.2, -0.15) is 11.8 Å². The first kappa shape index (κ1) is 15.8. The summed E-state index contributed by atoms with van der Waals surface area (Å²) in [5.74, 6) is 2.57. The Balaban J connectivity index is 2.23. The van der Waals surface area contributed by atoms with E-state index >= 15 is 0 Å². The molecular formula is C13H26N2O2S. The number of amides is 1. The summed E-state index contributed by atoms with van der Waals surface area (Å²) < 4.78 is 0. The maximum Gasteiger partial charge on any atom is 0.221 e. The third-order valence-corrected chi connectivity index (χ3v) is 4.08. The van der Waals surface area contributed by atoms with Crippen molar-refractivity contribution in [2.75, 3.05) is 24.6 Å². The van der Waals surface area contributed by atoms with Gasteiger partial charge in [-0.1, -0.05) is 13.8 Å². The van der Waals surface area contributed by atoms with Crippen molar-refractivity contribution in [3.8, 4) is 0 Å². The monoisotopic (exact) mass is 274 g/mol. The first-order valence-corrected chi connectivity index (χ1v) is 7.85. The summed E-state index contributed by atoms with van der Waals surface area (Å²) in [7, 11) is 0. The van der Waals surface area contributed by atoms with Crippen molar-refractivity contribution in [2.45, 2.75) is 45.3 Å². The Morgan fingerprint density at radius 1 is 1.61 bits per heavy atom. The molecule has 18 heavy (non-hydrogen) atoms. The molecule has 0 spiro atoms. The van der Waals surface area contributed by atoms with Gasteiger partial charge in [-0.3, -0.25) is 4.79 Å². The maximum atomic E-state index is 11.8. The summed E-state index contributed by atoms with van der Waals surface area (Å²) in [6.45, 7) is 7.23. The number of carbonyl (C=O) groups is 1. The van der Waals surface area contributed by atoms with Crippen LogP contribution in [0, 0.1) is 5.92 Å². The van der Waals surface area contributed by atoms with Crippen LogP contribution in [0.2, 0.25) is 0 Å². The van der Waals surface area contributed by atoms with Gasteiger partial charge in [0.15, 0.2) is 0 Å². The Morgan fingerprint density at radius 3 is 2.89 bits per heavy atom. The predicted molar refractivity (Wildman–Crippen MR) is 76.8 cm³/mol. The zero-order valence-corrected chi connectivity index (χ0v) is 12.5. The lowest BCUT2D eigenvalue weighted by molar-refractivity contribution is -0.122. The minimum Gasteiger partial charge on any atom is -0.388 e. The number of carbonyl (C=O) groups excluding carboxylic acids is 1. The van der Waals surface area contributed by atoms with E-state index in [2.05, 4.69) is 24.5 Å². The minimum atomic E-state index is -0.807. The van der Waals surface area contributed by atoms with Gasteiger partial charge in [-0.25, -0.2) is 0 Å². The number of rotatable bonds is 6. The van der Waals surface area contributed by atoms with Crippen molar-refractivity contribution in [1.82, 2.24) is 10.6 Å². The van der Waals surface area contributed by atoms with E-state index in [1.165, 1.54) is 0 Å². The summed E-state index contributed by atoms with van der Waals surface area (Å²) >= 11 is 1.89. The lowest BCUT2D eigenvalue weighted by Crippen LogP contribution is -2.45. The van der Waals surface area contributed by atoms with E-state index in [4.69, 9.17) is 0 Å². The summed E-state index contributed by atoms with van der Waals surface area (Å²) in [5, 5.41) is 16.3. The van der Waals surface area contributed by atoms with Crippen molar-refractivity contribution >= 4 is 17.7 Å². The van der Waals surface area contributed by atoms with Gasteiger partial charge in [0.1, 0.15) is 0 Å². The van der Waals surface area contributed by atoms with Crippen LogP contribution in [-0.4, -0.2) is 47.3 Å². The molecule has 1 amide bonds. The average Bonchev–Trinajstić information content (AvgIpc) is 2.26. The van der Waals surface area contributed by atoms with E-state index in [1.807, 2.05) is 11.8 Å². The number of hydrogen-bond donors (Lipinski definition) is 3. The fourth-order valence-electron chi connectivity index (χ4n) is 2.29. The van der Waals surface area contributed by atoms with Crippen molar-refractivity contribution in [3.05, 3.63) is 0 Å². The highest BCUT2D eigenvalue weighted by Gasteiger charge is 2.23. The molecule has 0 bridgehead atoms. The molecule has 1 heterocycles. The van der Waals surface area contributed by atoms with Crippen molar-refractivity contribution in [3.63, 3.8) is 0 Å². The van der Waals surface area contributed by atoms with Crippen molar-refractivity contribution in [2.24, 2.45) is 5.92 Å². The van der Waals surface area contributed by atoms with E-state index in [-0.39, 0.29) is 11.9 Å². The van der Waals surface area contributed by atoms with Gasteiger partial charge in [0.05, 0.1) is 5.60 Å². The van der Waals surface area contributed by atoms with Gasteiger partial charge in [-0.15, -0.1) is 0 Å². The van der Waals surface area contributed by atoms with Crippen molar-refractivity contribution < 1.29 is 9.90 Å². The summed E-state index contributed by atoms with van der Waals surface area (Å²) in [4.78, 5) is 11.8. The smallest absolute Gasteiger partial charge is 0.221 e. The maximum absolute atomic E-state index is 11.8. The topological polar surface area (TPSA) is 61.4 Å². The van der Waals surface area contributed by atoms with Crippen LogP contribution in [0.4, 0.5) is 0 Å². The van der Waals surface area contributed by atoms with Crippen LogP contribution in [0.3, 0.4) is 0 Å². The molecule has 0 radical (unpaired) electrons. The van der Waals surface area contributed by atoms with Crippen LogP contribution in [0.5, 0.6) is 0 Å². The third kappa shape index (κ3) is 6.61. The molecule has 1 fully saturated rings. The quantitative estimate of drug-likeness (QED) is 0.676. The largest absolute Gasteiger partial charge is 0.388 e. The van der Waals surface area contributed by atoms with E-state index in [0.29, 0.717) is 25.3 Å². The molecule has 1 saturated heterocycles. The Morgan fingerprint density at radius 2 is 2.33 bits per heavy atom. The van der Waals surface area contributed by atoms with Gasteiger partial charge < -0.3 is 15.7 Å². The normalized spacial score (nSPS) is 23.7. The van der Waals surface area contributed by atoms with E-state index in [9.17, 15) is 9.90 Å². The molecule has 5 heteroatoms. The van der Waals surface area contributed by atoms with Crippen LogP contribution in [-0.2, 0) is 4.79 Å². The number of hydrogen-bond acceptors (Lipinski definition) is 4. The second-order valence-electron chi connectivity index (χ2n) is 5.80. The van der Waals surface area contributed by atoms with E-state index < -0.39 is 5.60 Å². The molecule has 2 unspecified atom stereocenters. The van der Waals surface area contributed by atoms with Gasteiger partial charge in [0.25, 0.3) is 0 Å². The molecule has 0 saturated carbocycles. The second kappa shape index (κ2) is 7.36. The highest BCUT2D eigenvalue weighted by atomic mass is 32.2. The molecule has 0 aromatic carbocycles. The van der Waals surface area contributed by atoms with E-state index in [1.54, 1.807) is 6.92 Å². The highest BCUT2D eigenvalue weighted by Crippen LogP contribution is 2.15. The van der Waals surface area contributed by atoms with E-state index in [0.717, 1.165) is 18.1 Å². The van der Waals surface area contributed by atoms with Gasteiger partial charge >= 0.3 is 0 Å². The molecular weight excluding hydrogens is 248 g/mol. The number of thioether (sulfide) groups is 1.